The number of hydrogen-bond acceptors (Lipinski definition) is 8. The molecule has 0 saturated carbocycles. The first-order valence-corrected chi connectivity index (χ1v) is 13.6. The number of amides is 1. The van der Waals surface area contributed by atoms with Crippen molar-refractivity contribution in [2.75, 3.05) is 32.8 Å². The summed E-state index contributed by atoms with van der Waals surface area (Å²) in [6.07, 6.45) is 5.36. The van der Waals surface area contributed by atoms with Crippen molar-refractivity contribution < 1.29 is 18.3 Å². The van der Waals surface area contributed by atoms with Gasteiger partial charge in [-0.15, -0.1) is 10.2 Å². The largest absolute Gasteiger partial charge is 0.492 e. The van der Waals surface area contributed by atoms with Gasteiger partial charge in [0.25, 0.3) is 5.91 Å². The minimum atomic E-state index is -0.920. The molecule has 3 heterocycles. The number of likely N-dealkylation sites (tertiary alicyclic amines) is 1. The number of carbonyl (C=O) groups is 1. The van der Waals surface area contributed by atoms with Crippen LogP contribution in [0.2, 0.25) is 0 Å². The van der Waals surface area contributed by atoms with Crippen LogP contribution in [0.1, 0.15) is 30.7 Å². The maximum absolute atomic E-state index is 13.9. The van der Waals surface area contributed by atoms with Crippen molar-refractivity contribution in [2.24, 2.45) is 0 Å². The molecular weight excluding hydrogens is 530 g/mol. The first-order valence-electron chi connectivity index (χ1n) is 12.4. The van der Waals surface area contributed by atoms with Crippen LogP contribution in [0.4, 0.5) is 8.78 Å². The van der Waals surface area contributed by atoms with Crippen LogP contribution in [0.25, 0.3) is 17.2 Å². The summed E-state index contributed by atoms with van der Waals surface area (Å²) in [5, 5.41) is 13.8. The summed E-state index contributed by atoms with van der Waals surface area (Å²) in [5.41, 5.74) is 1.87. The number of aromatic nitrogens is 4. The minimum absolute atomic E-state index is 0.186. The van der Waals surface area contributed by atoms with Gasteiger partial charge in [-0.1, -0.05) is 41.3 Å². The molecule has 2 aliphatic heterocycles. The second-order valence-electron chi connectivity index (χ2n) is 9.04. The standard InChI is InChI=1S/C26H26F2N6O2S2/c27-20-7-5-18(15-21(20)28)17-6-8-22(36-13-12-33-9-1-2-10-33)19(14-17)16-23-25(35)34(26(37)38-23)11-3-4-24-29-31-32-30-24/h5-8,14-16H,1-4,9-13H2,(H,29,30,31,32)/b23-16-. The number of nitrogens with one attached hydrogen (secondary N) is 1. The lowest BCUT2D eigenvalue weighted by Gasteiger charge is -2.17. The Balaban J connectivity index is 1.36. The number of aromatic amines is 1. The molecule has 12 heteroatoms. The maximum atomic E-state index is 13.9. The summed E-state index contributed by atoms with van der Waals surface area (Å²) < 4.78 is 34.0. The van der Waals surface area contributed by atoms with Crippen molar-refractivity contribution in [1.29, 1.82) is 0 Å². The number of nitrogens with zero attached hydrogens (tertiary/aromatic N) is 5. The van der Waals surface area contributed by atoms with Crippen LogP contribution in [0.5, 0.6) is 5.75 Å². The second kappa shape index (κ2) is 12.1. The molecule has 0 atom stereocenters. The van der Waals surface area contributed by atoms with Gasteiger partial charge in [0.2, 0.25) is 0 Å². The van der Waals surface area contributed by atoms with Gasteiger partial charge in [0.05, 0.1) is 4.91 Å². The first-order chi connectivity index (χ1) is 18.5. The van der Waals surface area contributed by atoms with Gasteiger partial charge in [-0.05, 0) is 73.8 Å². The summed E-state index contributed by atoms with van der Waals surface area (Å²) in [4.78, 5) is 17.6. The lowest BCUT2D eigenvalue weighted by atomic mass is 10.0. The SMILES string of the molecule is O=C1/C(=C/c2cc(-c3ccc(F)c(F)c3)ccc2OCCN2CCCC2)SC(=S)N1CCCc1nn[nH]n1. The molecule has 1 aromatic heterocycles. The molecule has 38 heavy (non-hydrogen) atoms. The molecule has 0 unspecified atom stereocenters. The van der Waals surface area contributed by atoms with Gasteiger partial charge in [0.1, 0.15) is 16.7 Å². The fourth-order valence-electron chi connectivity index (χ4n) is 4.46. The highest BCUT2D eigenvalue weighted by Crippen LogP contribution is 2.36. The number of ether oxygens (including phenoxy) is 1. The number of tetrazole rings is 1. The second-order valence-corrected chi connectivity index (χ2v) is 10.7. The number of thiocarbonyl (C=S) groups is 1. The number of halogens is 2. The van der Waals surface area contributed by atoms with Gasteiger partial charge in [0.15, 0.2) is 17.5 Å². The number of thioether (sulfide) groups is 1. The summed E-state index contributed by atoms with van der Waals surface area (Å²) >= 11 is 6.71. The van der Waals surface area contributed by atoms with Gasteiger partial charge in [-0.2, -0.15) is 5.21 Å². The Kier molecular flexibility index (Phi) is 8.40. The number of aryl methyl sites for hydroxylation is 1. The third-order valence-electron chi connectivity index (χ3n) is 6.46. The van der Waals surface area contributed by atoms with E-state index in [4.69, 9.17) is 17.0 Å². The van der Waals surface area contributed by atoms with Crippen LogP contribution in [-0.4, -0.2) is 73.4 Å². The Hall–Kier alpha value is -3.22. The van der Waals surface area contributed by atoms with Gasteiger partial charge in [-0.3, -0.25) is 14.6 Å². The summed E-state index contributed by atoms with van der Waals surface area (Å²) in [5.74, 6) is -0.821. The predicted molar refractivity (Wildman–Crippen MR) is 145 cm³/mol. The average Bonchev–Trinajstić information content (AvgIpc) is 3.67. The quantitative estimate of drug-likeness (QED) is 0.290. The Morgan fingerprint density at radius 2 is 1.87 bits per heavy atom. The van der Waals surface area contributed by atoms with E-state index in [0.717, 1.165) is 31.8 Å². The molecule has 2 aliphatic rings. The lowest BCUT2D eigenvalue weighted by Crippen LogP contribution is -2.29. The van der Waals surface area contributed by atoms with E-state index in [-0.39, 0.29) is 5.91 Å². The van der Waals surface area contributed by atoms with Gasteiger partial charge < -0.3 is 4.74 Å². The van der Waals surface area contributed by atoms with E-state index in [0.29, 0.717) is 63.5 Å². The molecule has 0 bridgehead atoms. The summed E-state index contributed by atoms with van der Waals surface area (Å²) in [7, 11) is 0. The highest BCUT2D eigenvalue weighted by atomic mass is 32.2. The zero-order valence-corrected chi connectivity index (χ0v) is 22.2. The van der Waals surface area contributed by atoms with Crippen LogP contribution < -0.4 is 4.74 Å². The van der Waals surface area contributed by atoms with E-state index in [1.54, 1.807) is 23.1 Å². The van der Waals surface area contributed by atoms with Crippen LogP contribution in [0.3, 0.4) is 0 Å². The Morgan fingerprint density at radius 3 is 2.63 bits per heavy atom. The van der Waals surface area contributed by atoms with Crippen LogP contribution in [-0.2, 0) is 11.2 Å². The number of rotatable bonds is 10. The highest BCUT2D eigenvalue weighted by molar-refractivity contribution is 8.26. The zero-order chi connectivity index (χ0) is 26.5. The van der Waals surface area contributed by atoms with Crippen LogP contribution in [0.15, 0.2) is 41.3 Å². The van der Waals surface area contributed by atoms with E-state index in [9.17, 15) is 13.6 Å². The first kappa shape index (κ1) is 26.4. The Labute approximate surface area is 228 Å². The third kappa shape index (κ3) is 6.25. The molecule has 0 spiro atoms. The highest BCUT2D eigenvalue weighted by Gasteiger charge is 2.32. The molecule has 0 aliphatic carbocycles. The predicted octanol–water partition coefficient (Wildman–Crippen LogP) is 4.45. The molecule has 2 fully saturated rings. The van der Waals surface area contributed by atoms with E-state index >= 15 is 0 Å². The van der Waals surface area contributed by atoms with Crippen molar-refractivity contribution in [3.8, 4) is 16.9 Å². The smallest absolute Gasteiger partial charge is 0.266 e. The van der Waals surface area contributed by atoms with E-state index in [2.05, 4.69) is 25.5 Å². The fourth-order valence-corrected chi connectivity index (χ4v) is 5.76. The molecule has 1 N–H and O–H groups in total. The molecule has 198 valence electrons. The normalized spacial score (nSPS) is 17.2. The summed E-state index contributed by atoms with van der Waals surface area (Å²) in [6.45, 7) is 3.89. The fraction of sp³-hybridized carbons (Fsp3) is 0.346. The molecule has 2 saturated heterocycles. The Bertz CT molecular complexity index is 1350. The zero-order valence-electron chi connectivity index (χ0n) is 20.5. The molecule has 2 aromatic carbocycles. The molecular formula is C26H26F2N6O2S2. The molecule has 5 rings (SSSR count). The van der Waals surface area contributed by atoms with Crippen LogP contribution >= 0.6 is 24.0 Å². The van der Waals surface area contributed by atoms with Crippen molar-refractivity contribution in [3.63, 3.8) is 0 Å². The van der Waals surface area contributed by atoms with Gasteiger partial charge in [-0.25, -0.2) is 8.78 Å². The number of H-pyrrole nitrogens is 1. The molecule has 0 radical (unpaired) electrons. The van der Waals surface area contributed by atoms with Crippen molar-refractivity contribution >= 4 is 40.3 Å². The summed E-state index contributed by atoms with van der Waals surface area (Å²) in [6, 6.07) is 9.21. The third-order valence-corrected chi connectivity index (χ3v) is 7.84. The van der Waals surface area contributed by atoms with Gasteiger partial charge >= 0.3 is 0 Å². The van der Waals surface area contributed by atoms with Gasteiger partial charge in [0, 0.05) is 25.1 Å². The molecule has 8 nitrogen and oxygen atoms in total. The number of hydrogen-bond donors (Lipinski definition) is 1. The average molecular weight is 557 g/mol. The monoisotopic (exact) mass is 556 g/mol. The molecule has 1 amide bonds. The minimum Gasteiger partial charge on any atom is -0.492 e. The maximum Gasteiger partial charge on any atom is 0.266 e. The Morgan fingerprint density at radius 1 is 1.08 bits per heavy atom. The lowest BCUT2D eigenvalue weighted by molar-refractivity contribution is -0.122. The van der Waals surface area contributed by atoms with E-state index in [1.165, 1.54) is 30.7 Å². The van der Waals surface area contributed by atoms with Crippen molar-refractivity contribution in [2.45, 2.75) is 25.7 Å². The topological polar surface area (TPSA) is 87.2 Å². The van der Waals surface area contributed by atoms with Crippen LogP contribution in [0, 0.1) is 11.6 Å². The number of carbonyl (C=O) groups excluding carboxylic acids is 1. The molecule has 3 aromatic rings. The van der Waals surface area contributed by atoms with Crippen molar-refractivity contribution in [3.05, 3.63) is 64.3 Å². The van der Waals surface area contributed by atoms with E-state index < -0.39 is 11.6 Å². The number of benzene rings is 2. The van der Waals surface area contributed by atoms with Crippen molar-refractivity contribution in [1.82, 2.24) is 30.4 Å². The van der Waals surface area contributed by atoms with E-state index in [1.807, 2.05) is 6.07 Å².